The molecular formula is C18H25N5OS. The van der Waals surface area contributed by atoms with Crippen molar-refractivity contribution in [2.24, 2.45) is 0 Å². The predicted molar refractivity (Wildman–Crippen MR) is 101 cm³/mol. The number of carbonyl (C=O) groups excluding carboxylic acids is 1. The van der Waals surface area contributed by atoms with Crippen LogP contribution in [0.2, 0.25) is 0 Å². The monoisotopic (exact) mass is 359 g/mol. The fraction of sp³-hybridized carbons (Fsp3) is 0.500. The molecule has 0 atom stereocenters. The Bertz CT molecular complexity index is 737. The number of nitrogens with zero attached hydrogens (tertiary/aromatic N) is 5. The summed E-state index contributed by atoms with van der Waals surface area (Å²) in [6.45, 7) is 10.5. The van der Waals surface area contributed by atoms with Crippen LogP contribution in [0.4, 0.5) is 5.69 Å². The van der Waals surface area contributed by atoms with Crippen LogP contribution in [0.25, 0.3) is 0 Å². The van der Waals surface area contributed by atoms with Gasteiger partial charge in [0.15, 0.2) is 5.16 Å². The van der Waals surface area contributed by atoms with E-state index < -0.39 is 0 Å². The second kappa shape index (κ2) is 7.91. The van der Waals surface area contributed by atoms with E-state index in [1.54, 1.807) is 6.33 Å². The van der Waals surface area contributed by atoms with E-state index in [9.17, 15) is 4.79 Å². The Morgan fingerprint density at radius 2 is 1.96 bits per heavy atom. The third-order valence-corrected chi connectivity index (χ3v) is 5.76. The van der Waals surface area contributed by atoms with Crippen molar-refractivity contribution in [3.63, 3.8) is 0 Å². The molecule has 1 aromatic carbocycles. The summed E-state index contributed by atoms with van der Waals surface area (Å²) in [5.74, 6) is 0.596. The van der Waals surface area contributed by atoms with Gasteiger partial charge in [-0.05, 0) is 38.0 Å². The van der Waals surface area contributed by atoms with E-state index in [0.717, 1.165) is 37.9 Å². The number of carbonyl (C=O) groups is 1. The van der Waals surface area contributed by atoms with Gasteiger partial charge in [-0.2, -0.15) is 0 Å². The van der Waals surface area contributed by atoms with Gasteiger partial charge in [0.25, 0.3) is 0 Å². The van der Waals surface area contributed by atoms with E-state index in [-0.39, 0.29) is 5.91 Å². The zero-order valence-electron chi connectivity index (χ0n) is 15.1. The summed E-state index contributed by atoms with van der Waals surface area (Å²) in [6.07, 6.45) is 1.70. The largest absolute Gasteiger partial charge is 0.368 e. The number of aromatic nitrogens is 3. The van der Waals surface area contributed by atoms with Gasteiger partial charge in [-0.15, -0.1) is 10.2 Å². The minimum atomic E-state index is 0.177. The highest BCUT2D eigenvalue weighted by molar-refractivity contribution is 7.99. The Hall–Kier alpha value is -2.02. The van der Waals surface area contributed by atoms with Gasteiger partial charge in [0.2, 0.25) is 5.91 Å². The normalized spacial score (nSPS) is 14.8. The van der Waals surface area contributed by atoms with E-state index >= 15 is 0 Å². The molecule has 0 saturated carbocycles. The maximum atomic E-state index is 12.5. The van der Waals surface area contributed by atoms with Crippen LogP contribution in [0.15, 0.2) is 29.7 Å². The molecule has 1 fully saturated rings. The van der Waals surface area contributed by atoms with Crippen molar-refractivity contribution in [1.29, 1.82) is 0 Å². The summed E-state index contributed by atoms with van der Waals surface area (Å²) >= 11 is 1.47. The number of hydrogen-bond acceptors (Lipinski definition) is 5. The van der Waals surface area contributed by atoms with Crippen LogP contribution in [0.1, 0.15) is 18.1 Å². The molecule has 0 spiro atoms. The van der Waals surface area contributed by atoms with Gasteiger partial charge < -0.3 is 14.4 Å². The highest BCUT2D eigenvalue weighted by Gasteiger charge is 2.22. The first kappa shape index (κ1) is 17.8. The fourth-order valence-corrected chi connectivity index (χ4v) is 3.95. The lowest BCUT2D eigenvalue weighted by molar-refractivity contribution is -0.128. The average molecular weight is 359 g/mol. The number of piperazine rings is 1. The highest BCUT2D eigenvalue weighted by Crippen LogP contribution is 2.24. The van der Waals surface area contributed by atoms with E-state index in [4.69, 9.17) is 0 Å². The van der Waals surface area contributed by atoms with Gasteiger partial charge in [-0.3, -0.25) is 4.79 Å². The molecule has 0 bridgehead atoms. The molecule has 1 aromatic heterocycles. The van der Waals surface area contributed by atoms with Crippen LogP contribution in [0.5, 0.6) is 0 Å². The number of aryl methyl sites for hydroxylation is 2. The first-order chi connectivity index (χ1) is 12.1. The van der Waals surface area contributed by atoms with Gasteiger partial charge >= 0.3 is 0 Å². The van der Waals surface area contributed by atoms with Gasteiger partial charge in [0.1, 0.15) is 6.33 Å². The summed E-state index contributed by atoms with van der Waals surface area (Å²) < 4.78 is 1.95. The van der Waals surface area contributed by atoms with E-state index in [0.29, 0.717) is 5.75 Å². The molecule has 0 aliphatic carbocycles. The number of rotatable bonds is 5. The van der Waals surface area contributed by atoms with Crippen molar-refractivity contribution in [1.82, 2.24) is 19.7 Å². The van der Waals surface area contributed by atoms with Crippen molar-refractivity contribution in [3.05, 3.63) is 35.7 Å². The van der Waals surface area contributed by atoms with Gasteiger partial charge in [-0.1, -0.05) is 23.9 Å². The first-order valence-electron chi connectivity index (χ1n) is 8.69. The Balaban J connectivity index is 1.53. The zero-order valence-corrected chi connectivity index (χ0v) is 15.9. The summed E-state index contributed by atoms with van der Waals surface area (Å²) in [6, 6.07) is 6.42. The van der Waals surface area contributed by atoms with Crippen LogP contribution in [0, 0.1) is 13.8 Å². The second-order valence-electron chi connectivity index (χ2n) is 6.28. The third-order valence-electron chi connectivity index (χ3n) is 4.79. The van der Waals surface area contributed by atoms with E-state index in [1.165, 1.54) is 28.6 Å². The molecule has 6 nitrogen and oxygen atoms in total. The standard InChI is InChI=1S/C18H25N5OS/c1-4-21-13-19-20-18(21)25-12-17(24)23-10-8-22(9-11-23)16-7-5-6-14(2)15(16)3/h5-7,13H,4,8-12H2,1-3H3. The Morgan fingerprint density at radius 1 is 1.20 bits per heavy atom. The molecule has 1 aliphatic heterocycles. The number of anilines is 1. The van der Waals surface area contributed by atoms with Crippen molar-refractivity contribution in [2.75, 3.05) is 36.8 Å². The molecule has 25 heavy (non-hydrogen) atoms. The van der Waals surface area contributed by atoms with E-state index in [1.807, 2.05) is 16.4 Å². The Labute approximate surface area is 153 Å². The van der Waals surface area contributed by atoms with Crippen LogP contribution >= 0.6 is 11.8 Å². The molecule has 1 amide bonds. The SMILES string of the molecule is CCn1cnnc1SCC(=O)N1CCN(c2cccc(C)c2C)CC1. The summed E-state index contributed by atoms with van der Waals surface area (Å²) in [4.78, 5) is 16.8. The van der Waals surface area contributed by atoms with Crippen LogP contribution in [-0.2, 0) is 11.3 Å². The summed E-state index contributed by atoms with van der Waals surface area (Å²) in [7, 11) is 0. The second-order valence-corrected chi connectivity index (χ2v) is 7.22. The maximum Gasteiger partial charge on any atom is 0.233 e. The molecule has 1 aliphatic rings. The van der Waals surface area contributed by atoms with Gasteiger partial charge in [0, 0.05) is 38.4 Å². The quantitative estimate of drug-likeness (QED) is 0.767. The van der Waals surface area contributed by atoms with Crippen molar-refractivity contribution in [3.8, 4) is 0 Å². The molecule has 0 N–H and O–H groups in total. The molecule has 7 heteroatoms. The molecule has 3 rings (SSSR count). The minimum absolute atomic E-state index is 0.177. The van der Waals surface area contributed by atoms with Crippen molar-refractivity contribution >= 4 is 23.4 Å². The average Bonchev–Trinajstić information content (AvgIpc) is 3.10. The molecule has 134 valence electrons. The topological polar surface area (TPSA) is 54.3 Å². The molecular weight excluding hydrogens is 334 g/mol. The lowest BCUT2D eigenvalue weighted by Crippen LogP contribution is -2.49. The van der Waals surface area contributed by atoms with Crippen LogP contribution < -0.4 is 4.90 Å². The maximum absolute atomic E-state index is 12.5. The molecule has 2 aromatic rings. The Kier molecular flexibility index (Phi) is 5.63. The van der Waals surface area contributed by atoms with Crippen molar-refractivity contribution in [2.45, 2.75) is 32.5 Å². The highest BCUT2D eigenvalue weighted by atomic mass is 32.2. The zero-order chi connectivity index (χ0) is 17.8. The van der Waals surface area contributed by atoms with Gasteiger partial charge in [0.05, 0.1) is 5.75 Å². The lowest BCUT2D eigenvalue weighted by atomic mass is 10.1. The molecule has 2 heterocycles. The minimum Gasteiger partial charge on any atom is -0.368 e. The summed E-state index contributed by atoms with van der Waals surface area (Å²) in [5.41, 5.74) is 3.93. The predicted octanol–water partition coefficient (Wildman–Crippen LogP) is 2.36. The first-order valence-corrected chi connectivity index (χ1v) is 9.68. The summed E-state index contributed by atoms with van der Waals surface area (Å²) in [5, 5.41) is 8.78. The smallest absolute Gasteiger partial charge is 0.233 e. The lowest BCUT2D eigenvalue weighted by Gasteiger charge is -2.37. The number of benzene rings is 1. The Morgan fingerprint density at radius 3 is 2.68 bits per heavy atom. The van der Waals surface area contributed by atoms with Crippen molar-refractivity contribution < 1.29 is 4.79 Å². The molecule has 0 unspecified atom stereocenters. The fourth-order valence-electron chi connectivity index (χ4n) is 3.07. The van der Waals surface area contributed by atoms with Crippen LogP contribution in [0.3, 0.4) is 0 Å². The molecule has 1 saturated heterocycles. The number of amides is 1. The van der Waals surface area contributed by atoms with E-state index in [2.05, 4.69) is 47.1 Å². The third kappa shape index (κ3) is 3.98. The van der Waals surface area contributed by atoms with Crippen LogP contribution in [-0.4, -0.2) is 57.5 Å². The number of hydrogen-bond donors (Lipinski definition) is 0. The number of thioether (sulfide) groups is 1. The van der Waals surface area contributed by atoms with Gasteiger partial charge in [-0.25, -0.2) is 0 Å². The molecule has 0 radical (unpaired) electrons.